The molecule has 0 saturated heterocycles. The molecule has 0 radical (unpaired) electrons. The molecule has 17 heavy (non-hydrogen) atoms. The average Bonchev–Trinajstić information content (AvgIpc) is 2.66. The number of aromatic nitrogens is 2. The minimum Gasteiger partial charge on any atom is -0.497 e. The van der Waals surface area contributed by atoms with Crippen molar-refractivity contribution in [3.05, 3.63) is 24.0 Å². The SMILES string of the molecule is COc1ccc2nc(C(C)Cl)n(N(C)C)c2c1. The summed E-state index contributed by atoms with van der Waals surface area (Å²) in [7, 11) is 5.58. The summed E-state index contributed by atoms with van der Waals surface area (Å²) in [4.78, 5) is 4.54. The topological polar surface area (TPSA) is 30.3 Å². The maximum Gasteiger partial charge on any atom is 0.146 e. The second kappa shape index (κ2) is 4.45. The Morgan fingerprint density at radius 3 is 2.65 bits per heavy atom. The lowest BCUT2D eigenvalue weighted by Crippen LogP contribution is -2.27. The predicted octanol–water partition coefficient (Wildman–Crippen LogP) is 2.54. The van der Waals surface area contributed by atoms with Crippen LogP contribution in [0.15, 0.2) is 18.2 Å². The third-order valence-electron chi connectivity index (χ3n) is 2.62. The van der Waals surface area contributed by atoms with Gasteiger partial charge in [0.1, 0.15) is 11.6 Å². The molecule has 0 amide bonds. The standard InChI is InChI=1S/C12H16ClN3O/c1-8(13)12-14-10-6-5-9(17-4)7-11(10)16(12)15(2)3/h5-8H,1-4H3. The van der Waals surface area contributed by atoms with Crippen molar-refractivity contribution in [2.75, 3.05) is 26.2 Å². The van der Waals surface area contributed by atoms with Crippen LogP contribution in [-0.4, -0.2) is 30.9 Å². The van der Waals surface area contributed by atoms with Gasteiger partial charge < -0.3 is 9.75 Å². The first kappa shape index (κ1) is 12.0. The highest BCUT2D eigenvalue weighted by atomic mass is 35.5. The van der Waals surface area contributed by atoms with E-state index in [9.17, 15) is 0 Å². The molecule has 0 saturated carbocycles. The van der Waals surface area contributed by atoms with E-state index in [0.29, 0.717) is 0 Å². The zero-order valence-corrected chi connectivity index (χ0v) is 11.2. The molecule has 92 valence electrons. The molecule has 5 heteroatoms. The molecule has 1 aromatic carbocycles. The van der Waals surface area contributed by atoms with Crippen molar-refractivity contribution in [3.63, 3.8) is 0 Å². The maximum absolute atomic E-state index is 6.16. The molecule has 0 aliphatic carbocycles. The van der Waals surface area contributed by atoms with Gasteiger partial charge in [-0.1, -0.05) is 0 Å². The highest BCUT2D eigenvalue weighted by Gasteiger charge is 2.16. The zero-order valence-electron chi connectivity index (χ0n) is 10.4. The van der Waals surface area contributed by atoms with Gasteiger partial charge in [-0.2, -0.15) is 0 Å². The van der Waals surface area contributed by atoms with Crippen molar-refractivity contribution in [2.45, 2.75) is 12.3 Å². The summed E-state index contributed by atoms with van der Waals surface area (Å²) in [6.45, 7) is 1.92. The molecule has 1 heterocycles. The molecule has 0 aliphatic rings. The van der Waals surface area contributed by atoms with Crippen molar-refractivity contribution in [2.24, 2.45) is 0 Å². The van der Waals surface area contributed by atoms with E-state index in [2.05, 4.69) is 4.98 Å². The lowest BCUT2D eigenvalue weighted by molar-refractivity contribution is 0.415. The second-order valence-electron chi connectivity index (χ2n) is 4.10. The number of rotatable bonds is 3. The van der Waals surface area contributed by atoms with E-state index < -0.39 is 0 Å². The molecular formula is C12H16ClN3O. The second-order valence-corrected chi connectivity index (χ2v) is 4.75. The molecule has 0 N–H and O–H groups in total. The lowest BCUT2D eigenvalue weighted by Gasteiger charge is -2.19. The Labute approximate surface area is 106 Å². The Kier molecular flexibility index (Phi) is 3.15. The van der Waals surface area contributed by atoms with E-state index >= 15 is 0 Å². The molecule has 1 aromatic heterocycles. The fourth-order valence-electron chi connectivity index (χ4n) is 1.87. The van der Waals surface area contributed by atoms with Crippen LogP contribution in [0.5, 0.6) is 5.75 Å². The maximum atomic E-state index is 6.16. The Hall–Kier alpha value is -1.42. The first-order valence-electron chi connectivity index (χ1n) is 5.42. The van der Waals surface area contributed by atoms with Crippen molar-refractivity contribution >= 4 is 22.6 Å². The fraction of sp³-hybridized carbons (Fsp3) is 0.417. The van der Waals surface area contributed by atoms with Crippen molar-refractivity contribution in [1.29, 1.82) is 0 Å². The van der Waals surface area contributed by atoms with Gasteiger partial charge in [0.2, 0.25) is 0 Å². The van der Waals surface area contributed by atoms with Crippen LogP contribution in [0.2, 0.25) is 0 Å². The van der Waals surface area contributed by atoms with Crippen LogP contribution in [-0.2, 0) is 0 Å². The molecule has 1 unspecified atom stereocenters. The fourth-order valence-corrected chi connectivity index (χ4v) is 2.01. The van der Waals surface area contributed by atoms with Gasteiger partial charge in [-0.3, -0.25) is 0 Å². The third-order valence-corrected chi connectivity index (χ3v) is 2.81. The highest BCUT2D eigenvalue weighted by Crippen LogP contribution is 2.26. The van der Waals surface area contributed by atoms with E-state index in [1.807, 2.05) is 48.9 Å². The summed E-state index contributed by atoms with van der Waals surface area (Å²) >= 11 is 6.16. The van der Waals surface area contributed by atoms with Gasteiger partial charge >= 0.3 is 0 Å². The van der Waals surface area contributed by atoms with Gasteiger partial charge in [-0.25, -0.2) is 9.66 Å². The first-order valence-corrected chi connectivity index (χ1v) is 5.86. The number of hydrogen-bond acceptors (Lipinski definition) is 3. The summed E-state index contributed by atoms with van der Waals surface area (Å²) < 4.78 is 7.23. The van der Waals surface area contributed by atoms with Crippen LogP contribution < -0.4 is 9.75 Å². The molecule has 2 aromatic rings. The van der Waals surface area contributed by atoms with E-state index in [-0.39, 0.29) is 5.38 Å². The van der Waals surface area contributed by atoms with Gasteiger partial charge in [0.15, 0.2) is 0 Å². The Morgan fingerprint density at radius 2 is 2.12 bits per heavy atom. The van der Waals surface area contributed by atoms with Crippen molar-refractivity contribution in [1.82, 2.24) is 9.66 Å². The van der Waals surface area contributed by atoms with Crippen LogP contribution in [0.25, 0.3) is 11.0 Å². The van der Waals surface area contributed by atoms with Crippen molar-refractivity contribution in [3.8, 4) is 5.75 Å². The van der Waals surface area contributed by atoms with Gasteiger partial charge in [-0.05, 0) is 19.1 Å². The zero-order chi connectivity index (χ0) is 12.6. The largest absolute Gasteiger partial charge is 0.497 e. The number of hydrogen-bond donors (Lipinski definition) is 0. The minimum atomic E-state index is -0.143. The lowest BCUT2D eigenvalue weighted by atomic mass is 10.3. The monoisotopic (exact) mass is 253 g/mol. The minimum absolute atomic E-state index is 0.143. The summed E-state index contributed by atoms with van der Waals surface area (Å²) in [5.41, 5.74) is 1.92. The predicted molar refractivity (Wildman–Crippen MR) is 70.6 cm³/mol. The first-order chi connectivity index (χ1) is 8.04. The number of alkyl halides is 1. The number of imidazole rings is 1. The number of methoxy groups -OCH3 is 1. The Morgan fingerprint density at radius 1 is 1.41 bits per heavy atom. The molecule has 0 fully saturated rings. The Bertz CT molecular complexity index is 534. The van der Waals surface area contributed by atoms with Gasteiger partial charge in [0, 0.05) is 20.2 Å². The normalized spacial score (nSPS) is 12.8. The summed E-state index contributed by atoms with van der Waals surface area (Å²) in [6, 6.07) is 5.81. The summed E-state index contributed by atoms with van der Waals surface area (Å²) in [5.74, 6) is 1.65. The Balaban J connectivity index is 2.72. The van der Waals surface area contributed by atoms with Gasteiger partial charge in [0.05, 0.1) is 23.5 Å². The number of nitrogens with zero attached hydrogens (tertiary/aromatic N) is 3. The van der Waals surface area contributed by atoms with Gasteiger partial charge in [-0.15, -0.1) is 11.6 Å². The van der Waals surface area contributed by atoms with Crippen LogP contribution in [0.1, 0.15) is 18.1 Å². The van der Waals surface area contributed by atoms with E-state index in [1.54, 1.807) is 7.11 Å². The van der Waals surface area contributed by atoms with E-state index in [1.165, 1.54) is 0 Å². The van der Waals surface area contributed by atoms with Gasteiger partial charge in [0.25, 0.3) is 0 Å². The van der Waals surface area contributed by atoms with Crippen molar-refractivity contribution < 1.29 is 4.74 Å². The average molecular weight is 254 g/mol. The number of fused-ring (bicyclic) bond motifs is 1. The van der Waals surface area contributed by atoms with Crippen LogP contribution in [0, 0.1) is 0 Å². The third kappa shape index (κ3) is 2.05. The smallest absolute Gasteiger partial charge is 0.146 e. The molecule has 2 rings (SSSR count). The quantitative estimate of drug-likeness (QED) is 0.788. The number of ether oxygens (including phenoxy) is 1. The molecule has 0 aliphatic heterocycles. The van der Waals surface area contributed by atoms with E-state index in [4.69, 9.17) is 16.3 Å². The molecule has 0 spiro atoms. The van der Waals surface area contributed by atoms with Crippen LogP contribution >= 0.6 is 11.6 Å². The van der Waals surface area contributed by atoms with E-state index in [0.717, 1.165) is 22.6 Å². The number of halogens is 1. The summed E-state index contributed by atoms with van der Waals surface area (Å²) in [6.07, 6.45) is 0. The molecular weight excluding hydrogens is 238 g/mol. The number of benzene rings is 1. The molecule has 4 nitrogen and oxygen atoms in total. The van der Waals surface area contributed by atoms with Crippen LogP contribution in [0.3, 0.4) is 0 Å². The summed E-state index contributed by atoms with van der Waals surface area (Å²) in [5, 5.41) is 1.82. The van der Waals surface area contributed by atoms with Crippen LogP contribution in [0.4, 0.5) is 0 Å². The molecule has 0 bridgehead atoms. The highest BCUT2D eigenvalue weighted by molar-refractivity contribution is 6.20. The molecule has 1 atom stereocenters.